The fourth-order valence-electron chi connectivity index (χ4n) is 2.94. The van der Waals surface area contributed by atoms with Crippen molar-refractivity contribution in [1.29, 1.82) is 0 Å². The third-order valence-electron chi connectivity index (χ3n) is 4.57. The topological polar surface area (TPSA) is 111 Å². The Kier molecular flexibility index (Phi) is 7.91. The van der Waals surface area contributed by atoms with Crippen LogP contribution >= 0.6 is 0 Å². The van der Waals surface area contributed by atoms with E-state index in [1.807, 2.05) is 0 Å². The van der Waals surface area contributed by atoms with Crippen molar-refractivity contribution in [1.82, 2.24) is 5.32 Å². The van der Waals surface area contributed by atoms with E-state index in [1.165, 1.54) is 13.2 Å². The van der Waals surface area contributed by atoms with Gasteiger partial charge in [0.05, 0.1) is 12.8 Å². The molecule has 8 heteroatoms. The molecule has 3 aromatic carbocycles. The first kappa shape index (κ1) is 23.2. The molecule has 168 valence electrons. The fraction of sp³-hybridized carbons (Fsp3) is 0.120. The first-order valence-electron chi connectivity index (χ1n) is 10.0. The Labute approximate surface area is 190 Å². The summed E-state index contributed by atoms with van der Waals surface area (Å²) in [4.78, 5) is 49.0. The van der Waals surface area contributed by atoms with Gasteiger partial charge in [-0.05, 0) is 30.3 Å². The van der Waals surface area contributed by atoms with Gasteiger partial charge in [-0.25, -0.2) is 0 Å². The number of hydrogen-bond acceptors (Lipinski definition) is 6. The molecule has 0 aliphatic rings. The van der Waals surface area contributed by atoms with E-state index < -0.39 is 30.9 Å². The summed E-state index contributed by atoms with van der Waals surface area (Å²) in [5.41, 5.74) is 1.42. The molecule has 0 aliphatic heterocycles. The van der Waals surface area contributed by atoms with Crippen molar-refractivity contribution in [3.8, 4) is 5.75 Å². The van der Waals surface area contributed by atoms with E-state index in [0.717, 1.165) is 0 Å². The molecule has 0 fully saturated rings. The number of amides is 2. The molecule has 33 heavy (non-hydrogen) atoms. The third kappa shape index (κ3) is 6.51. The van der Waals surface area contributed by atoms with E-state index in [1.54, 1.807) is 72.8 Å². The number of benzene rings is 3. The highest BCUT2D eigenvalue weighted by Gasteiger charge is 2.16. The van der Waals surface area contributed by atoms with Gasteiger partial charge in [-0.2, -0.15) is 0 Å². The van der Waals surface area contributed by atoms with Crippen molar-refractivity contribution in [2.24, 2.45) is 0 Å². The second-order valence-electron chi connectivity index (χ2n) is 6.86. The molecular weight excluding hydrogens is 424 g/mol. The van der Waals surface area contributed by atoms with Gasteiger partial charge in [0.25, 0.3) is 11.8 Å². The van der Waals surface area contributed by atoms with Gasteiger partial charge in [-0.15, -0.1) is 0 Å². The summed E-state index contributed by atoms with van der Waals surface area (Å²) in [6.07, 6.45) is 0. The van der Waals surface area contributed by atoms with Crippen molar-refractivity contribution in [3.05, 3.63) is 95.6 Å². The lowest BCUT2D eigenvalue weighted by Crippen LogP contribution is -2.32. The van der Waals surface area contributed by atoms with Gasteiger partial charge >= 0.3 is 5.97 Å². The predicted octanol–water partition coefficient (Wildman–Crippen LogP) is 2.84. The molecule has 2 N–H and O–H groups in total. The number of anilines is 1. The molecule has 0 spiro atoms. The number of ketones is 1. The molecule has 3 rings (SSSR count). The predicted molar refractivity (Wildman–Crippen MR) is 121 cm³/mol. The molecular formula is C25H22N2O6. The molecule has 0 aromatic heterocycles. The molecule has 2 amide bonds. The van der Waals surface area contributed by atoms with Crippen molar-refractivity contribution in [2.45, 2.75) is 0 Å². The number of carbonyl (C=O) groups excluding carboxylic acids is 4. The van der Waals surface area contributed by atoms with E-state index >= 15 is 0 Å². The largest absolute Gasteiger partial charge is 0.497 e. The van der Waals surface area contributed by atoms with Crippen LogP contribution in [0.15, 0.2) is 78.9 Å². The van der Waals surface area contributed by atoms with E-state index in [2.05, 4.69) is 10.6 Å². The van der Waals surface area contributed by atoms with Crippen molar-refractivity contribution in [3.63, 3.8) is 0 Å². The van der Waals surface area contributed by atoms with Crippen LogP contribution in [-0.4, -0.2) is 43.8 Å². The molecule has 0 radical (unpaired) electrons. The summed E-state index contributed by atoms with van der Waals surface area (Å²) in [6.45, 7) is -0.978. The molecule has 0 unspecified atom stereocenters. The second kappa shape index (κ2) is 11.2. The van der Waals surface area contributed by atoms with Crippen LogP contribution in [0.2, 0.25) is 0 Å². The van der Waals surface area contributed by atoms with Gasteiger partial charge in [0.15, 0.2) is 12.4 Å². The molecule has 0 saturated carbocycles. The van der Waals surface area contributed by atoms with Crippen LogP contribution in [0, 0.1) is 0 Å². The van der Waals surface area contributed by atoms with Crippen LogP contribution in [0.3, 0.4) is 0 Å². The fourth-order valence-corrected chi connectivity index (χ4v) is 2.94. The average molecular weight is 446 g/mol. The maximum absolute atomic E-state index is 12.7. The SMILES string of the molecule is COc1cccc(C(=O)NCC(=O)OCC(=O)Nc2ccccc2C(=O)c2ccccc2)c1. The lowest BCUT2D eigenvalue weighted by atomic mass is 10.0. The number of esters is 1. The lowest BCUT2D eigenvalue weighted by molar-refractivity contribution is -0.146. The van der Waals surface area contributed by atoms with Gasteiger partial charge in [0.1, 0.15) is 12.3 Å². The number of methoxy groups -OCH3 is 1. The smallest absolute Gasteiger partial charge is 0.325 e. The minimum atomic E-state index is -0.782. The van der Waals surface area contributed by atoms with Crippen LogP contribution in [0.4, 0.5) is 5.69 Å². The van der Waals surface area contributed by atoms with Crippen LogP contribution in [-0.2, 0) is 14.3 Å². The molecule has 0 atom stereocenters. The van der Waals surface area contributed by atoms with E-state index in [9.17, 15) is 19.2 Å². The van der Waals surface area contributed by atoms with Gasteiger partial charge in [-0.3, -0.25) is 19.2 Å². The summed E-state index contributed by atoms with van der Waals surface area (Å²) in [5.74, 6) is -1.62. The van der Waals surface area contributed by atoms with Crippen molar-refractivity contribution < 1.29 is 28.7 Å². The average Bonchev–Trinajstić information content (AvgIpc) is 2.86. The minimum absolute atomic E-state index is 0.247. The Bertz CT molecular complexity index is 1160. The van der Waals surface area contributed by atoms with E-state index in [-0.39, 0.29) is 5.78 Å². The Hall–Kier alpha value is -4.46. The lowest BCUT2D eigenvalue weighted by Gasteiger charge is -2.11. The highest BCUT2D eigenvalue weighted by Crippen LogP contribution is 2.19. The van der Waals surface area contributed by atoms with Crippen molar-refractivity contribution in [2.75, 3.05) is 25.6 Å². The van der Waals surface area contributed by atoms with Crippen LogP contribution in [0.25, 0.3) is 0 Å². The van der Waals surface area contributed by atoms with Gasteiger partial charge < -0.3 is 20.1 Å². The number of hydrogen-bond donors (Lipinski definition) is 2. The highest BCUT2D eigenvalue weighted by atomic mass is 16.5. The number of para-hydroxylation sites is 1. The zero-order valence-electron chi connectivity index (χ0n) is 17.9. The number of rotatable bonds is 9. The maximum atomic E-state index is 12.7. The standard InChI is InChI=1S/C25H22N2O6/c1-32-19-11-7-10-18(14-19)25(31)26-15-23(29)33-16-22(28)27-21-13-6-5-12-20(21)24(30)17-8-3-2-4-9-17/h2-14H,15-16H2,1H3,(H,26,31)(H,27,28). The Morgan fingerprint density at radius 1 is 0.818 bits per heavy atom. The van der Waals surface area contributed by atoms with Crippen LogP contribution in [0.1, 0.15) is 26.3 Å². The zero-order chi connectivity index (χ0) is 23.6. The normalized spacial score (nSPS) is 10.1. The molecule has 3 aromatic rings. The Balaban J connectivity index is 1.51. The molecule has 8 nitrogen and oxygen atoms in total. The summed E-state index contributed by atoms with van der Waals surface area (Å²) in [6, 6.07) is 21.7. The summed E-state index contributed by atoms with van der Waals surface area (Å²) in [7, 11) is 1.48. The van der Waals surface area contributed by atoms with Crippen molar-refractivity contribution >= 4 is 29.3 Å². The minimum Gasteiger partial charge on any atom is -0.497 e. The summed E-state index contributed by atoms with van der Waals surface area (Å²) >= 11 is 0. The quantitative estimate of drug-likeness (QED) is 0.386. The Morgan fingerprint density at radius 3 is 2.27 bits per heavy atom. The second-order valence-corrected chi connectivity index (χ2v) is 6.86. The van der Waals surface area contributed by atoms with E-state index in [4.69, 9.17) is 9.47 Å². The Morgan fingerprint density at radius 2 is 1.52 bits per heavy atom. The van der Waals surface area contributed by atoms with Gasteiger partial charge in [0, 0.05) is 16.7 Å². The molecule has 0 saturated heterocycles. The number of ether oxygens (including phenoxy) is 2. The van der Waals surface area contributed by atoms with Gasteiger partial charge in [0.2, 0.25) is 0 Å². The monoisotopic (exact) mass is 446 g/mol. The zero-order valence-corrected chi connectivity index (χ0v) is 17.9. The van der Waals surface area contributed by atoms with E-state index in [0.29, 0.717) is 28.1 Å². The third-order valence-corrected chi connectivity index (χ3v) is 4.57. The molecule has 0 heterocycles. The maximum Gasteiger partial charge on any atom is 0.325 e. The van der Waals surface area contributed by atoms with Crippen LogP contribution in [0.5, 0.6) is 5.75 Å². The molecule has 0 aliphatic carbocycles. The molecule has 0 bridgehead atoms. The number of nitrogens with one attached hydrogen (secondary N) is 2. The number of carbonyl (C=O) groups is 4. The van der Waals surface area contributed by atoms with Gasteiger partial charge in [-0.1, -0.05) is 48.5 Å². The first-order chi connectivity index (χ1) is 16.0. The summed E-state index contributed by atoms with van der Waals surface area (Å²) < 4.78 is 9.97. The first-order valence-corrected chi connectivity index (χ1v) is 10.0. The summed E-state index contributed by atoms with van der Waals surface area (Å²) in [5, 5.41) is 5.00. The van der Waals surface area contributed by atoms with Crippen LogP contribution < -0.4 is 15.4 Å². The highest BCUT2D eigenvalue weighted by molar-refractivity contribution is 6.13.